The maximum atomic E-state index is 12.6. The molecule has 0 aliphatic carbocycles. The first-order valence-electron chi connectivity index (χ1n) is 8.24. The van der Waals surface area contributed by atoms with Gasteiger partial charge in [0.1, 0.15) is 0 Å². The van der Waals surface area contributed by atoms with Gasteiger partial charge in [0.25, 0.3) is 5.91 Å². The number of benzene rings is 3. The third kappa shape index (κ3) is 4.03. The van der Waals surface area contributed by atoms with Crippen LogP contribution in [0.2, 0.25) is 0 Å². The normalized spacial score (nSPS) is 10.4. The molecule has 130 valence electrons. The van der Waals surface area contributed by atoms with Crippen LogP contribution in [-0.2, 0) is 0 Å². The van der Waals surface area contributed by atoms with E-state index in [0.717, 1.165) is 10.5 Å². The van der Waals surface area contributed by atoms with Gasteiger partial charge < -0.3 is 5.32 Å². The van der Waals surface area contributed by atoms with E-state index in [1.54, 1.807) is 48.2 Å². The number of rotatable bonds is 5. The van der Waals surface area contributed by atoms with Crippen LogP contribution in [0.5, 0.6) is 0 Å². The first-order valence-corrected chi connectivity index (χ1v) is 9.47. The lowest BCUT2D eigenvalue weighted by atomic mass is 10.0. The summed E-state index contributed by atoms with van der Waals surface area (Å²) < 4.78 is 0. The minimum absolute atomic E-state index is 0.0674. The minimum Gasteiger partial charge on any atom is -0.322 e. The van der Waals surface area contributed by atoms with Crippen LogP contribution in [0, 0.1) is 6.92 Å². The molecule has 0 aromatic heterocycles. The highest BCUT2D eigenvalue weighted by Crippen LogP contribution is 2.21. The number of anilines is 1. The monoisotopic (exact) mass is 361 g/mol. The number of nitrogens with one attached hydrogen (secondary N) is 1. The van der Waals surface area contributed by atoms with Gasteiger partial charge in [0, 0.05) is 27.3 Å². The van der Waals surface area contributed by atoms with Crippen molar-refractivity contribution >= 4 is 29.1 Å². The quantitative estimate of drug-likeness (QED) is 0.502. The molecule has 0 radical (unpaired) electrons. The molecule has 3 rings (SSSR count). The number of carbonyl (C=O) groups is 2. The Morgan fingerprint density at radius 1 is 0.846 bits per heavy atom. The van der Waals surface area contributed by atoms with Crippen molar-refractivity contribution in [1.29, 1.82) is 0 Å². The maximum Gasteiger partial charge on any atom is 0.255 e. The van der Waals surface area contributed by atoms with Crippen LogP contribution in [0.25, 0.3) is 0 Å². The van der Waals surface area contributed by atoms with Gasteiger partial charge in [0.15, 0.2) is 5.78 Å². The number of carbonyl (C=O) groups excluding carboxylic acids is 2. The zero-order chi connectivity index (χ0) is 18.5. The van der Waals surface area contributed by atoms with Gasteiger partial charge in [0.05, 0.1) is 0 Å². The maximum absolute atomic E-state index is 12.6. The van der Waals surface area contributed by atoms with Crippen LogP contribution in [0.4, 0.5) is 5.69 Å². The Hall–Kier alpha value is -2.85. The van der Waals surface area contributed by atoms with Gasteiger partial charge in [-0.3, -0.25) is 9.59 Å². The molecule has 0 aliphatic rings. The molecule has 0 aliphatic heterocycles. The second kappa shape index (κ2) is 8.02. The summed E-state index contributed by atoms with van der Waals surface area (Å²) in [5.41, 5.74) is 3.32. The van der Waals surface area contributed by atoms with Gasteiger partial charge in [-0.15, -0.1) is 11.8 Å². The van der Waals surface area contributed by atoms with Gasteiger partial charge >= 0.3 is 0 Å². The lowest BCUT2D eigenvalue weighted by Gasteiger charge is -2.10. The molecule has 3 nitrogen and oxygen atoms in total. The molecule has 0 saturated carbocycles. The average molecular weight is 361 g/mol. The van der Waals surface area contributed by atoms with Crippen LogP contribution in [-0.4, -0.2) is 17.9 Å². The Morgan fingerprint density at radius 2 is 1.58 bits per heavy atom. The number of hydrogen-bond donors (Lipinski definition) is 1. The smallest absolute Gasteiger partial charge is 0.255 e. The van der Waals surface area contributed by atoms with Gasteiger partial charge in [0.2, 0.25) is 0 Å². The number of amides is 1. The Kier molecular flexibility index (Phi) is 5.54. The Morgan fingerprint density at radius 3 is 2.31 bits per heavy atom. The number of thioether (sulfide) groups is 1. The number of aryl methyl sites for hydroxylation is 1. The molecule has 0 bridgehead atoms. The van der Waals surface area contributed by atoms with E-state index < -0.39 is 0 Å². The second-order valence-electron chi connectivity index (χ2n) is 5.91. The molecule has 26 heavy (non-hydrogen) atoms. The fraction of sp³-hybridized carbons (Fsp3) is 0.0909. The van der Waals surface area contributed by atoms with Crippen molar-refractivity contribution < 1.29 is 9.59 Å². The van der Waals surface area contributed by atoms with Crippen molar-refractivity contribution in [3.63, 3.8) is 0 Å². The van der Waals surface area contributed by atoms with Crippen LogP contribution < -0.4 is 5.32 Å². The zero-order valence-corrected chi connectivity index (χ0v) is 15.5. The molecule has 0 spiro atoms. The lowest BCUT2D eigenvalue weighted by molar-refractivity contribution is 0.102. The second-order valence-corrected chi connectivity index (χ2v) is 6.79. The molecule has 0 fully saturated rings. The average Bonchev–Trinajstić information content (AvgIpc) is 2.68. The molecule has 3 aromatic carbocycles. The first kappa shape index (κ1) is 18.0. The predicted molar refractivity (Wildman–Crippen MR) is 107 cm³/mol. The molecule has 0 unspecified atom stereocenters. The molecule has 1 amide bonds. The molecule has 0 atom stereocenters. The van der Waals surface area contributed by atoms with Crippen molar-refractivity contribution in [3.05, 3.63) is 95.1 Å². The van der Waals surface area contributed by atoms with Crippen molar-refractivity contribution in [1.82, 2.24) is 0 Å². The van der Waals surface area contributed by atoms with E-state index in [1.807, 2.05) is 49.6 Å². The summed E-state index contributed by atoms with van der Waals surface area (Å²) in [7, 11) is 0. The summed E-state index contributed by atoms with van der Waals surface area (Å²) in [6.45, 7) is 1.91. The van der Waals surface area contributed by atoms with Crippen LogP contribution >= 0.6 is 11.8 Å². The van der Waals surface area contributed by atoms with E-state index in [0.29, 0.717) is 22.4 Å². The SMILES string of the molecule is CSc1ccc(C)c(C(=O)Nc2cccc(C(=O)c3ccccc3)c2)c1. The van der Waals surface area contributed by atoms with Crippen molar-refractivity contribution in [2.45, 2.75) is 11.8 Å². The van der Waals surface area contributed by atoms with E-state index in [4.69, 9.17) is 0 Å². The van der Waals surface area contributed by atoms with Crippen molar-refractivity contribution in [2.75, 3.05) is 11.6 Å². The van der Waals surface area contributed by atoms with Crippen LogP contribution in [0.15, 0.2) is 77.7 Å². The summed E-state index contributed by atoms with van der Waals surface area (Å²) in [5, 5.41) is 2.90. The summed E-state index contributed by atoms with van der Waals surface area (Å²) in [6, 6.07) is 21.9. The Balaban J connectivity index is 1.83. The molecule has 0 saturated heterocycles. The fourth-order valence-corrected chi connectivity index (χ4v) is 3.11. The molecular weight excluding hydrogens is 342 g/mol. The fourth-order valence-electron chi connectivity index (χ4n) is 2.67. The third-order valence-electron chi connectivity index (χ3n) is 4.11. The molecule has 4 heteroatoms. The van der Waals surface area contributed by atoms with E-state index in [9.17, 15) is 9.59 Å². The standard InChI is InChI=1S/C22H19NO2S/c1-15-11-12-19(26-2)14-20(15)22(25)23-18-10-6-9-17(13-18)21(24)16-7-4-3-5-8-16/h3-14H,1-2H3,(H,23,25). The third-order valence-corrected chi connectivity index (χ3v) is 4.83. The van der Waals surface area contributed by atoms with E-state index in [1.165, 1.54) is 0 Å². The van der Waals surface area contributed by atoms with Crippen LogP contribution in [0.3, 0.4) is 0 Å². The molecule has 1 N–H and O–H groups in total. The highest BCUT2D eigenvalue weighted by Gasteiger charge is 2.13. The largest absolute Gasteiger partial charge is 0.322 e. The first-order chi connectivity index (χ1) is 12.6. The Labute approximate surface area is 157 Å². The highest BCUT2D eigenvalue weighted by atomic mass is 32.2. The number of ketones is 1. The highest BCUT2D eigenvalue weighted by molar-refractivity contribution is 7.98. The predicted octanol–water partition coefficient (Wildman–Crippen LogP) is 5.20. The van der Waals surface area contributed by atoms with E-state index in [2.05, 4.69) is 5.32 Å². The van der Waals surface area contributed by atoms with Crippen molar-refractivity contribution in [3.8, 4) is 0 Å². The van der Waals surface area contributed by atoms with Gasteiger partial charge in [-0.2, -0.15) is 0 Å². The summed E-state index contributed by atoms with van der Waals surface area (Å²) in [4.78, 5) is 26.3. The summed E-state index contributed by atoms with van der Waals surface area (Å²) in [5.74, 6) is -0.245. The minimum atomic E-state index is -0.178. The van der Waals surface area contributed by atoms with Crippen LogP contribution in [0.1, 0.15) is 31.8 Å². The topological polar surface area (TPSA) is 46.2 Å². The lowest BCUT2D eigenvalue weighted by Crippen LogP contribution is -2.14. The van der Waals surface area contributed by atoms with E-state index >= 15 is 0 Å². The van der Waals surface area contributed by atoms with Crippen molar-refractivity contribution in [2.24, 2.45) is 0 Å². The van der Waals surface area contributed by atoms with E-state index in [-0.39, 0.29) is 11.7 Å². The zero-order valence-electron chi connectivity index (χ0n) is 14.7. The molecular formula is C22H19NO2S. The van der Waals surface area contributed by atoms with Gasteiger partial charge in [-0.05, 0) is 43.0 Å². The molecule has 3 aromatic rings. The molecule has 0 heterocycles. The Bertz CT molecular complexity index is 951. The van der Waals surface area contributed by atoms with Gasteiger partial charge in [-0.1, -0.05) is 48.5 Å². The number of hydrogen-bond acceptors (Lipinski definition) is 3. The van der Waals surface area contributed by atoms with Gasteiger partial charge in [-0.25, -0.2) is 0 Å². The summed E-state index contributed by atoms with van der Waals surface area (Å²) >= 11 is 1.59. The summed E-state index contributed by atoms with van der Waals surface area (Å²) in [6.07, 6.45) is 1.98.